The molecule has 1 heterocycles. The van der Waals surface area contributed by atoms with Crippen LogP contribution in [-0.2, 0) is 4.79 Å². The van der Waals surface area contributed by atoms with Crippen molar-refractivity contribution >= 4 is 38.3 Å². The van der Waals surface area contributed by atoms with Gasteiger partial charge in [-0.1, -0.05) is 24.7 Å². The monoisotopic (exact) mass is 401 g/mol. The summed E-state index contributed by atoms with van der Waals surface area (Å²) < 4.78 is 11.9. The van der Waals surface area contributed by atoms with Gasteiger partial charge < -0.3 is 9.47 Å². The number of fused-ring (bicyclic) bond motifs is 1. The van der Waals surface area contributed by atoms with Crippen LogP contribution in [0.5, 0.6) is 11.5 Å². The molecule has 0 fully saturated rings. The second-order valence-electron chi connectivity index (χ2n) is 5.94. The SMILES string of the molecule is CCCCOc1ccc2nc(NC(=O)COc3ccc([N+](=O)[O-])cc3)sc2c1. The minimum absolute atomic E-state index is 0.0377. The highest BCUT2D eigenvalue weighted by atomic mass is 32.1. The first-order valence-corrected chi connectivity index (χ1v) is 9.57. The Morgan fingerprint density at radius 2 is 1.93 bits per heavy atom. The van der Waals surface area contributed by atoms with Crippen molar-refractivity contribution in [3.05, 3.63) is 52.6 Å². The van der Waals surface area contributed by atoms with E-state index in [2.05, 4.69) is 17.2 Å². The first-order chi connectivity index (χ1) is 13.5. The van der Waals surface area contributed by atoms with Gasteiger partial charge in [-0.25, -0.2) is 4.98 Å². The van der Waals surface area contributed by atoms with E-state index in [0.29, 0.717) is 17.5 Å². The third kappa shape index (κ3) is 5.17. The topological polar surface area (TPSA) is 104 Å². The number of nitrogens with zero attached hydrogens (tertiary/aromatic N) is 2. The van der Waals surface area contributed by atoms with Gasteiger partial charge in [0.1, 0.15) is 11.5 Å². The normalized spacial score (nSPS) is 10.6. The van der Waals surface area contributed by atoms with Crippen LogP contribution in [0.3, 0.4) is 0 Å². The molecule has 1 amide bonds. The Kier molecular flexibility index (Phi) is 6.38. The molecule has 0 aliphatic carbocycles. The van der Waals surface area contributed by atoms with Crippen LogP contribution in [0, 0.1) is 10.1 Å². The zero-order valence-electron chi connectivity index (χ0n) is 15.2. The van der Waals surface area contributed by atoms with Crippen LogP contribution in [0.1, 0.15) is 19.8 Å². The van der Waals surface area contributed by atoms with Crippen LogP contribution in [0.2, 0.25) is 0 Å². The van der Waals surface area contributed by atoms with Gasteiger partial charge >= 0.3 is 0 Å². The molecular formula is C19H19N3O5S. The number of carbonyl (C=O) groups excluding carboxylic acids is 1. The lowest BCUT2D eigenvalue weighted by Gasteiger charge is -2.05. The predicted octanol–water partition coefficient (Wildman–Crippen LogP) is 4.40. The number of thiazole rings is 1. The molecule has 0 bridgehead atoms. The molecule has 9 heteroatoms. The largest absolute Gasteiger partial charge is 0.494 e. The number of nitro benzene ring substituents is 1. The Morgan fingerprint density at radius 3 is 2.64 bits per heavy atom. The van der Waals surface area contributed by atoms with Crippen LogP contribution in [0.4, 0.5) is 10.8 Å². The second kappa shape index (κ2) is 9.14. The predicted molar refractivity (Wildman–Crippen MR) is 107 cm³/mol. The molecule has 1 aromatic heterocycles. The summed E-state index contributed by atoms with van der Waals surface area (Å²) in [6.07, 6.45) is 2.07. The van der Waals surface area contributed by atoms with Gasteiger partial charge in [0.05, 0.1) is 21.7 Å². The Morgan fingerprint density at radius 1 is 1.18 bits per heavy atom. The van der Waals surface area contributed by atoms with Gasteiger partial charge in [0, 0.05) is 12.1 Å². The molecule has 28 heavy (non-hydrogen) atoms. The van der Waals surface area contributed by atoms with Crippen LogP contribution in [0.25, 0.3) is 10.2 Å². The summed E-state index contributed by atoms with van der Waals surface area (Å²) in [6.45, 7) is 2.56. The lowest BCUT2D eigenvalue weighted by molar-refractivity contribution is -0.384. The van der Waals surface area contributed by atoms with E-state index in [0.717, 1.165) is 28.8 Å². The van der Waals surface area contributed by atoms with Gasteiger partial charge in [0.2, 0.25) is 0 Å². The standard InChI is InChI=1S/C19H19N3O5S/c1-2-3-10-26-15-8-9-16-17(11-15)28-19(20-16)21-18(23)12-27-14-6-4-13(5-7-14)22(24)25/h4-9,11H,2-3,10,12H2,1H3,(H,20,21,23). The minimum Gasteiger partial charge on any atom is -0.494 e. The van der Waals surface area contributed by atoms with Crippen molar-refractivity contribution in [1.29, 1.82) is 0 Å². The van der Waals surface area contributed by atoms with Gasteiger partial charge in [0.15, 0.2) is 11.7 Å². The number of amides is 1. The highest BCUT2D eigenvalue weighted by Gasteiger charge is 2.10. The summed E-state index contributed by atoms with van der Waals surface area (Å²) in [5.74, 6) is 0.791. The number of carbonyl (C=O) groups is 1. The van der Waals surface area contributed by atoms with Crippen molar-refractivity contribution in [1.82, 2.24) is 4.98 Å². The summed E-state index contributed by atoms with van der Waals surface area (Å²) in [5.41, 5.74) is 0.740. The molecule has 0 saturated carbocycles. The van der Waals surface area contributed by atoms with Gasteiger partial charge in [-0.3, -0.25) is 20.2 Å². The third-order valence-electron chi connectivity index (χ3n) is 3.79. The van der Waals surface area contributed by atoms with Crippen molar-refractivity contribution in [2.75, 3.05) is 18.5 Å². The molecule has 0 aliphatic rings. The summed E-state index contributed by atoms with van der Waals surface area (Å²) in [4.78, 5) is 26.6. The Hall–Kier alpha value is -3.20. The third-order valence-corrected chi connectivity index (χ3v) is 4.72. The summed E-state index contributed by atoms with van der Waals surface area (Å²) in [6, 6.07) is 11.2. The number of unbranched alkanes of at least 4 members (excludes halogenated alkanes) is 1. The van der Waals surface area contributed by atoms with Crippen molar-refractivity contribution in [3.63, 3.8) is 0 Å². The number of hydrogen-bond donors (Lipinski definition) is 1. The van der Waals surface area contributed by atoms with Crippen molar-refractivity contribution < 1.29 is 19.2 Å². The molecule has 0 unspecified atom stereocenters. The van der Waals surface area contributed by atoms with E-state index in [-0.39, 0.29) is 18.2 Å². The number of anilines is 1. The molecular weight excluding hydrogens is 382 g/mol. The quantitative estimate of drug-likeness (QED) is 0.324. The molecule has 146 valence electrons. The first kappa shape index (κ1) is 19.6. The van der Waals surface area contributed by atoms with E-state index in [1.807, 2.05) is 18.2 Å². The van der Waals surface area contributed by atoms with E-state index >= 15 is 0 Å². The fourth-order valence-corrected chi connectivity index (χ4v) is 3.26. The molecule has 0 radical (unpaired) electrons. The molecule has 0 saturated heterocycles. The average Bonchev–Trinajstić information content (AvgIpc) is 3.08. The highest BCUT2D eigenvalue weighted by molar-refractivity contribution is 7.22. The maximum absolute atomic E-state index is 12.1. The Bertz CT molecular complexity index is 971. The van der Waals surface area contributed by atoms with Crippen LogP contribution >= 0.6 is 11.3 Å². The summed E-state index contributed by atoms with van der Waals surface area (Å²) >= 11 is 1.35. The zero-order valence-corrected chi connectivity index (χ0v) is 16.0. The smallest absolute Gasteiger partial charge is 0.269 e. The van der Waals surface area contributed by atoms with Gasteiger partial charge in [-0.15, -0.1) is 0 Å². The number of nitrogens with one attached hydrogen (secondary N) is 1. The average molecular weight is 401 g/mol. The first-order valence-electron chi connectivity index (χ1n) is 8.75. The molecule has 3 rings (SSSR count). The summed E-state index contributed by atoms with van der Waals surface area (Å²) in [7, 11) is 0. The number of rotatable bonds is 9. The minimum atomic E-state index is -0.496. The van der Waals surface area contributed by atoms with Crippen LogP contribution in [-0.4, -0.2) is 29.0 Å². The zero-order chi connectivity index (χ0) is 19.9. The number of ether oxygens (including phenoxy) is 2. The maximum Gasteiger partial charge on any atom is 0.269 e. The number of benzene rings is 2. The van der Waals surface area contributed by atoms with Crippen LogP contribution in [0.15, 0.2) is 42.5 Å². The van der Waals surface area contributed by atoms with Crippen molar-refractivity contribution in [3.8, 4) is 11.5 Å². The van der Waals surface area contributed by atoms with E-state index in [4.69, 9.17) is 9.47 Å². The van der Waals surface area contributed by atoms with E-state index < -0.39 is 4.92 Å². The number of hydrogen-bond acceptors (Lipinski definition) is 7. The molecule has 2 aromatic carbocycles. The van der Waals surface area contributed by atoms with E-state index in [9.17, 15) is 14.9 Å². The van der Waals surface area contributed by atoms with Crippen LogP contribution < -0.4 is 14.8 Å². The number of aromatic nitrogens is 1. The number of nitro groups is 1. The molecule has 1 N–H and O–H groups in total. The van der Waals surface area contributed by atoms with E-state index in [1.165, 1.54) is 35.6 Å². The molecule has 0 atom stereocenters. The van der Waals surface area contributed by atoms with Gasteiger partial charge in [-0.2, -0.15) is 0 Å². The highest BCUT2D eigenvalue weighted by Crippen LogP contribution is 2.29. The molecule has 8 nitrogen and oxygen atoms in total. The van der Waals surface area contributed by atoms with Gasteiger partial charge in [0.25, 0.3) is 11.6 Å². The second-order valence-corrected chi connectivity index (χ2v) is 6.97. The van der Waals surface area contributed by atoms with Gasteiger partial charge in [-0.05, 0) is 36.8 Å². The fraction of sp³-hybridized carbons (Fsp3) is 0.263. The molecule has 3 aromatic rings. The lowest BCUT2D eigenvalue weighted by Crippen LogP contribution is -2.19. The maximum atomic E-state index is 12.1. The number of non-ortho nitro benzene ring substituents is 1. The Labute approximate surface area is 165 Å². The molecule has 0 aliphatic heterocycles. The summed E-state index contributed by atoms with van der Waals surface area (Å²) in [5, 5.41) is 13.8. The Balaban J connectivity index is 1.55. The van der Waals surface area contributed by atoms with Crippen molar-refractivity contribution in [2.24, 2.45) is 0 Å². The lowest BCUT2D eigenvalue weighted by atomic mass is 10.3. The fourth-order valence-electron chi connectivity index (χ4n) is 2.35. The van der Waals surface area contributed by atoms with E-state index in [1.54, 1.807) is 0 Å². The molecule has 0 spiro atoms. The van der Waals surface area contributed by atoms with Crippen molar-refractivity contribution in [2.45, 2.75) is 19.8 Å².